The summed E-state index contributed by atoms with van der Waals surface area (Å²) in [4.78, 5) is 18.1. The second kappa shape index (κ2) is 11.8. The van der Waals surface area contributed by atoms with E-state index in [9.17, 15) is 4.79 Å². The highest BCUT2D eigenvalue weighted by Gasteiger charge is 2.13. The molecule has 0 atom stereocenters. The number of benzene rings is 1. The Kier molecular flexibility index (Phi) is 10.1. The van der Waals surface area contributed by atoms with Crippen molar-refractivity contribution in [1.82, 2.24) is 14.7 Å². The van der Waals surface area contributed by atoms with E-state index in [4.69, 9.17) is 16.6 Å². The van der Waals surface area contributed by atoms with Gasteiger partial charge in [-0.1, -0.05) is 6.07 Å². The highest BCUT2D eigenvalue weighted by Crippen LogP contribution is 2.25. The molecule has 1 aromatic carbocycles. The summed E-state index contributed by atoms with van der Waals surface area (Å²) in [5, 5.41) is 9.12. The number of nitrogens with two attached hydrogens (primary N) is 2. The van der Waals surface area contributed by atoms with Gasteiger partial charge in [0.1, 0.15) is 0 Å². The SMILES string of the molecule is CN(C)CCCN(CCCc1ccc(C(=O)O)c(N)c1N)CCCN(C)C. The molecule has 0 fully saturated rings. The lowest BCUT2D eigenvalue weighted by atomic mass is 10.0. The van der Waals surface area contributed by atoms with E-state index in [1.54, 1.807) is 12.1 Å². The summed E-state index contributed by atoms with van der Waals surface area (Å²) >= 11 is 0. The number of hydrogen-bond acceptors (Lipinski definition) is 6. The van der Waals surface area contributed by atoms with Crippen molar-refractivity contribution in [1.29, 1.82) is 0 Å². The number of aromatic carboxylic acids is 1. The maximum absolute atomic E-state index is 11.1. The first-order chi connectivity index (χ1) is 12.7. The van der Waals surface area contributed by atoms with Crippen LogP contribution in [-0.2, 0) is 6.42 Å². The normalized spacial score (nSPS) is 11.7. The molecular formula is C20H37N5O2. The van der Waals surface area contributed by atoms with Gasteiger partial charge in [-0.05, 0) is 98.2 Å². The van der Waals surface area contributed by atoms with Crippen LogP contribution in [0.25, 0.3) is 0 Å². The van der Waals surface area contributed by atoms with Crippen LogP contribution in [0, 0.1) is 0 Å². The second-order valence-corrected chi connectivity index (χ2v) is 7.66. The van der Waals surface area contributed by atoms with Crippen molar-refractivity contribution >= 4 is 17.3 Å². The van der Waals surface area contributed by atoms with Crippen LogP contribution in [0.15, 0.2) is 12.1 Å². The molecule has 0 heterocycles. The lowest BCUT2D eigenvalue weighted by molar-refractivity contribution is 0.0698. The van der Waals surface area contributed by atoms with Crippen molar-refractivity contribution in [3.8, 4) is 0 Å². The van der Waals surface area contributed by atoms with Gasteiger partial charge in [0, 0.05) is 0 Å². The molecule has 0 radical (unpaired) electrons. The average molecular weight is 380 g/mol. The third-order valence-electron chi connectivity index (χ3n) is 4.69. The number of carboxylic acid groups (broad SMARTS) is 1. The van der Waals surface area contributed by atoms with Crippen LogP contribution in [0.2, 0.25) is 0 Å². The van der Waals surface area contributed by atoms with Gasteiger partial charge in [-0.25, -0.2) is 4.79 Å². The van der Waals surface area contributed by atoms with Crippen molar-refractivity contribution in [3.63, 3.8) is 0 Å². The highest BCUT2D eigenvalue weighted by molar-refractivity contribution is 5.97. The quantitative estimate of drug-likeness (QED) is 0.449. The Bertz CT molecular complexity index is 576. The van der Waals surface area contributed by atoms with Crippen molar-refractivity contribution in [2.75, 3.05) is 72.4 Å². The molecule has 27 heavy (non-hydrogen) atoms. The topological polar surface area (TPSA) is 99.1 Å². The van der Waals surface area contributed by atoms with Crippen LogP contribution in [0.4, 0.5) is 11.4 Å². The summed E-state index contributed by atoms with van der Waals surface area (Å²) in [5.74, 6) is -1.04. The van der Waals surface area contributed by atoms with E-state index in [1.807, 2.05) is 0 Å². The molecule has 1 aromatic rings. The molecule has 0 bridgehead atoms. The summed E-state index contributed by atoms with van der Waals surface area (Å²) in [5.41, 5.74) is 13.5. The van der Waals surface area contributed by atoms with Crippen LogP contribution >= 0.6 is 0 Å². The van der Waals surface area contributed by atoms with Gasteiger partial charge in [-0.3, -0.25) is 0 Å². The largest absolute Gasteiger partial charge is 0.478 e. The van der Waals surface area contributed by atoms with Crippen LogP contribution in [0.5, 0.6) is 0 Å². The molecule has 7 nitrogen and oxygen atoms in total. The molecule has 0 unspecified atom stereocenters. The summed E-state index contributed by atoms with van der Waals surface area (Å²) in [7, 11) is 8.41. The molecule has 0 saturated carbocycles. The van der Waals surface area contributed by atoms with Crippen molar-refractivity contribution in [2.45, 2.75) is 25.7 Å². The Morgan fingerprint density at radius 1 is 0.852 bits per heavy atom. The van der Waals surface area contributed by atoms with E-state index < -0.39 is 5.97 Å². The molecule has 154 valence electrons. The number of aryl methyl sites for hydroxylation is 1. The highest BCUT2D eigenvalue weighted by atomic mass is 16.4. The molecule has 0 aliphatic rings. The summed E-state index contributed by atoms with van der Waals surface area (Å²) in [6.45, 7) is 5.35. The van der Waals surface area contributed by atoms with Gasteiger partial charge in [0.15, 0.2) is 0 Å². The smallest absolute Gasteiger partial charge is 0.337 e. The zero-order valence-corrected chi connectivity index (χ0v) is 17.4. The molecule has 0 aromatic heterocycles. The molecule has 0 aliphatic heterocycles. The lowest BCUT2D eigenvalue weighted by Gasteiger charge is -2.24. The summed E-state index contributed by atoms with van der Waals surface area (Å²) in [6, 6.07) is 3.34. The van der Waals surface area contributed by atoms with Gasteiger partial charge < -0.3 is 31.3 Å². The van der Waals surface area contributed by atoms with Crippen LogP contribution in [-0.4, -0.2) is 86.7 Å². The number of carboxylic acids is 1. The maximum atomic E-state index is 11.1. The van der Waals surface area contributed by atoms with Crippen LogP contribution in [0.3, 0.4) is 0 Å². The molecule has 0 spiro atoms. The summed E-state index contributed by atoms with van der Waals surface area (Å²) in [6.07, 6.45) is 4.07. The zero-order valence-electron chi connectivity index (χ0n) is 17.4. The maximum Gasteiger partial charge on any atom is 0.337 e. The molecule has 0 aliphatic carbocycles. The molecule has 7 heteroatoms. The Labute approximate surface area is 163 Å². The molecule has 0 amide bonds. The Balaban J connectivity index is 2.58. The number of carbonyl (C=O) groups is 1. The number of hydrogen-bond donors (Lipinski definition) is 3. The third kappa shape index (κ3) is 8.60. The fraction of sp³-hybridized carbons (Fsp3) is 0.650. The fourth-order valence-corrected chi connectivity index (χ4v) is 3.14. The first-order valence-electron chi connectivity index (χ1n) is 9.64. The number of rotatable bonds is 13. The molecule has 5 N–H and O–H groups in total. The van der Waals surface area contributed by atoms with Gasteiger partial charge in [0.2, 0.25) is 0 Å². The average Bonchev–Trinajstić information content (AvgIpc) is 2.57. The van der Waals surface area contributed by atoms with Gasteiger partial charge >= 0.3 is 5.97 Å². The number of anilines is 2. The van der Waals surface area contributed by atoms with Gasteiger partial charge in [-0.15, -0.1) is 0 Å². The van der Waals surface area contributed by atoms with Crippen LogP contribution < -0.4 is 11.5 Å². The minimum Gasteiger partial charge on any atom is -0.478 e. The van der Waals surface area contributed by atoms with Crippen molar-refractivity contribution in [3.05, 3.63) is 23.3 Å². The van der Waals surface area contributed by atoms with Crippen molar-refractivity contribution < 1.29 is 9.90 Å². The summed E-state index contributed by atoms with van der Waals surface area (Å²) < 4.78 is 0. The predicted octanol–water partition coefficient (Wildman–Crippen LogP) is 1.69. The monoisotopic (exact) mass is 379 g/mol. The van der Waals surface area contributed by atoms with E-state index >= 15 is 0 Å². The molecular weight excluding hydrogens is 342 g/mol. The Morgan fingerprint density at radius 3 is 1.85 bits per heavy atom. The zero-order chi connectivity index (χ0) is 20.4. The van der Waals surface area contributed by atoms with Crippen molar-refractivity contribution in [2.24, 2.45) is 0 Å². The molecule has 1 rings (SSSR count). The van der Waals surface area contributed by atoms with Gasteiger partial charge in [0.25, 0.3) is 0 Å². The first-order valence-corrected chi connectivity index (χ1v) is 9.64. The fourth-order valence-electron chi connectivity index (χ4n) is 3.14. The second-order valence-electron chi connectivity index (χ2n) is 7.66. The van der Waals surface area contributed by atoms with Crippen LogP contribution in [0.1, 0.15) is 35.2 Å². The van der Waals surface area contributed by atoms with E-state index in [2.05, 4.69) is 42.9 Å². The number of nitrogens with zero attached hydrogens (tertiary/aromatic N) is 3. The first kappa shape index (κ1) is 23.2. The molecule has 0 saturated heterocycles. The van der Waals surface area contributed by atoms with Gasteiger partial charge in [0.05, 0.1) is 16.9 Å². The van der Waals surface area contributed by atoms with E-state index in [-0.39, 0.29) is 11.3 Å². The Morgan fingerprint density at radius 2 is 1.37 bits per heavy atom. The van der Waals surface area contributed by atoms with E-state index in [1.165, 1.54) is 0 Å². The van der Waals surface area contributed by atoms with E-state index in [0.717, 1.165) is 64.0 Å². The van der Waals surface area contributed by atoms with E-state index in [0.29, 0.717) is 5.69 Å². The predicted molar refractivity (Wildman–Crippen MR) is 113 cm³/mol. The number of nitrogen functional groups attached to an aromatic ring is 2. The minimum absolute atomic E-state index is 0.0743. The lowest BCUT2D eigenvalue weighted by Crippen LogP contribution is -2.31. The standard InChI is InChI=1S/C20H37N5O2/c1-23(2)11-6-14-25(15-7-12-24(3)4)13-5-8-16-9-10-17(20(26)27)19(22)18(16)21/h9-10H,5-8,11-15,21-22H2,1-4H3,(H,26,27). The Hall–Kier alpha value is -1.83. The third-order valence-corrected chi connectivity index (χ3v) is 4.69. The van der Waals surface area contributed by atoms with Gasteiger partial charge in [-0.2, -0.15) is 0 Å². The minimum atomic E-state index is -1.04.